The lowest BCUT2D eigenvalue weighted by atomic mass is 9.78. The largest absolute Gasteiger partial charge is 0.462 e. The van der Waals surface area contributed by atoms with Crippen molar-refractivity contribution in [2.75, 3.05) is 0 Å². The third kappa shape index (κ3) is 1.19. The van der Waals surface area contributed by atoms with Crippen LogP contribution in [0.1, 0.15) is 39.0 Å². The van der Waals surface area contributed by atoms with Crippen molar-refractivity contribution < 1.29 is 9.53 Å². The second-order valence-corrected chi connectivity index (χ2v) is 5.39. The van der Waals surface area contributed by atoms with Crippen LogP contribution in [0.25, 0.3) is 0 Å². The van der Waals surface area contributed by atoms with Gasteiger partial charge < -0.3 is 4.74 Å². The fraction of sp³-hybridized carbons (Fsp3) is 0.917. The van der Waals surface area contributed by atoms with Gasteiger partial charge in [0.25, 0.3) is 0 Å². The van der Waals surface area contributed by atoms with Gasteiger partial charge in [-0.25, -0.2) is 0 Å². The number of carbonyl (C=O) groups is 1. The predicted molar refractivity (Wildman–Crippen MR) is 52.6 cm³/mol. The number of carbonyl (C=O) groups excluding carboxylic acids is 1. The van der Waals surface area contributed by atoms with Gasteiger partial charge in [0.15, 0.2) is 0 Å². The van der Waals surface area contributed by atoms with Gasteiger partial charge in [-0.15, -0.1) is 0 Å². The molecule has 0 heterocycles. The van der Waals surface area contributed by atoms with Crippen molar-refractivity contribution in [2.45, 2.75) is 45.1 Å². The molecule has 2 bridgehead atoms. The Morgan fingerprint density at radius 3 is 2.79 bits per heavy atom. The van der Waals surface area contributed by atoms with Gasteiger partial charge in [-0.1, -0.05) is 0 Å². The lowest BCUT2D eigenvalue weighted by Crippen LogP contribution is -2.33. The predicted octanol–water partition coefficient (Wildman–Crippen LogP) is 2.37. The molecule has 14 heavy (non-hydrogen) atoms. The minimum absolute atomic E-state index is 0.0836. The summed E-state index contributed by atoms with van der Waals surface area (Å²) >= 11 is 0. The molecule has 0 saturated heterocycles. The van der Waals surface area contributed by atoms with Crippen LogP contribution in [0.2, 0.25) is 0 Å². The van der Waals surface area contributed by atoms with Crippen LogP contribution < -0.4 is 0 Å². The first-order chi connectivity index (χ1) is 6.74. The smallest absolute Gasteiger partial charge is 0.302 e. The molecular formula is C12H18O2. The molecule has 0 amide bonds. The Bertz CT molecular complexity index is 259. The summed E-state index contributed by atoms with van der Waals surface area (Å²) in [4.78, 5) is 11.0. The topological polar surface area (TPSA) is 26.3 Å². The Kier molecular flexibility index (Phi) is 1.86. The van der Waals surface area contributed by atoms with E-state index < -0.39 is 0 Å². The van der Waals surface area contributed by atoms with Crippen LogP contribution in [0.3, 0.4) is 0 Å². The molecule has 5 atom stereocenters. The first-order valence-electron chi connectivity index (χ1n) is 5.91. The van der Waals surface area contributed by atoms with E-state index >= 15 is 0 Å². The minimum Gasteiger partial charge on any atom is -0.462 e. The number of esters is 1. The monoisotopic (exact) mass is 194 g/mol. The molecule has 0 N–H and O–H groups in total. The van der Waals surface area contributed by atoms with E-state index in [2.05, 4.69) is 0 Å². The van der Waals surface area contributed by atoms with Gasteiger partial charge in [-0.2, -0.15) is 0 Å². The van der Waals surface area contributed by atoms with Gasteiger partial charge in [0.1, 0.15) is 6.10 Å². The molecule has 2 heteroatoms. The molecule has 0 radical (unpaired) electrons. The van der Waals surface area contributed by atoms with E-state index in [0.29, 0.717) is 5.92 Å². The molecule has 2 nitrogen and oxygen atoms in total. The van der Waals surface area contributed by atoms with Crippen molar-refractivity contribution in [3.05, 3.63) is 0 Å². The number of fused-ring (bicyclic) bond motifs is 1. The van der Waals surface area contributed by atoms with E-state index in [-0.39, 0.29) is 12.1 Å². The fourth-order valence-corrected chi connectivity index (χ4v) is 4.26. The highest BCUT2D eigenvalue weighted by Gasteiger charge is 2.51. The molecule has 3 fully saturated rings. The molecule has 3 rings (SSSR count). The van der Waals surface area contributed by atoms with Gasteiger partial charge in [-0.3, -0.25) is 4.79 Å². The summed E-state index contributed by atoms with van der Waals surface area (Å²) in [6, 6.07) is 0. The van der Waals surface area contributed by atoms with Gasteiger partial charge in [0, 0.05) is 6.92 Å². The number of rotatable bonds is 1. The van der Waals surface area contributed by atoms with E-state index in [9.17, 15) is 4.79 Å². The maximum Gasteiger partial charge on any atom is 0.302 e. The minimum atomic E-state index is -0.0836. The highest BCUT2D eigenvalue weighted by Crippen LogP contribution is 2.57. The van der Waals surface area contributed by atoms with Crippen LogP contribution in [0, 0.1) is 23.7 Å². The van der Waals surface area contributed by atoms with E-state index in [1.165, 1.54) is 25.7 Å². The maximum absolute atomic E-state index is 11.0. The van der Waals surface area contributed by atoms with Crippen molar-refractivity contribution in [1.29, 1.82) is 0 Å². The summed E-state index contributed by atoms with van der Waals surface area (Å²) in [5.74, 6) is 3.37. The third-order valence-electron chi connectivity index (χ3n) is 4.63. The zero-order valence-corrected chi connectivity index (χ0v) is 8.74. The normalized spacial score (nSPS) is 49.4. The zero-order chi connectivity index (χ0) is 9.71. The summed E-state index contributed by atoms with van der Waals surface area (Å²) in [7, 11) is 0. The second-order valence-electron chi connectivity index (χ2n) is 5.39. The van der Waals surface area contributed by atoms with E-state index in [4.69, 9.17) is 4.74 Å². The van der Waals surface area contributed by atoms with Crippen molar-refractivity contribution in [3.8, 4) is 0 Å². The fourth-order valence-electron chi connectivity index (χ4n) is 4.26. The Balaban J connectivity index is 1.78. The lowest BCUT2D eigenvalue weighted by molar-refractivity contribution is -0.152. The lowest BCUT2D eigenvalue weighted by Gasteiger charge is -2.33. The molecule has 0 spiro atoms. The van der Waals surface area contributed by atoms with Gasteiger partial charge in [-0.05, 0) is 55.8 Å². The van der Waals surface area contributed by atoms with Crippen LogP contribution in [-0.4, -0.2) is 12.1 Å². The maximum atomic E-state index is 11.0. The summed E-state index contributed by atoms with van der Waals surface area (Å²) in [5.41, 5.74) is 0. The van der Waals surface area contributed by atoms with Crippen molar-refractivity contribution in [1.82, 2.24) is 0 Å². The summed E-state index contributed by atoms with van der Waals surface area (Å²) in [5, 5.41) is 0. The van der Waals surface area contributed by atoms with E-state index in [0.717, 1.165) is 24.2 Å². The van der Waals surface area contributed by atoms with Crippen molar-refractivity contribution >= 4 is 5.97 Å². The van der Waals surface area contributed by atoms with E-state index in [1.807, 2.05) is 0 Å². The molecule has 3 saturated carbocycles. The molecule has 0 aromatic heterocycles. The third-order valence-corrected chi connectivity index (χ3v) is 4.63. The van der Waals surface area contributed by atoms with Crippen molar-refractivity contribution in [2.24, 2.45) is 23.7 Å². The number of hydrogen-bond acceptors (Lipinski definition) is 2. The number of ether oxygens (including phenoxy) is 1. The molecule has 0 unspecified atom stereocenters. The molecule has 3 aliphatic carbocycles. The first-order valence-corrected chi connectivity index (χ1v) is 5.91. The molecule has 78 valence electrons. The quantitative estimate of drug-likeness (QED) is 0.599. The summed E-state index contributed by atoms with van der Waals surface area (Å²) in [6.45, 7) is 1.54. The van der Waals surface area contributed by atoms with Crippen LogP contribution in [0.4, 0.5) is 0 Å². The Morgan fingerprint density at radius 2 is 2.00 bits per heavy atom. The zero-order valence-electron chi connectivity index (χ0n) is 8.74. The summed E-state index contributed by atoms with van der Waals surface area (Å²) < 4.78 is 5.46. The first kappa shape index (κ1) is 8.75. The molecule has 0 aromatic carbocycles. The van der Waals surface area contributed by atoms with Gasteiger partial charge in [0.05, 0.1) is 0 Å². The Hall–Kier alpha value is -0.530. The SMILES string of the molecule is CC(=O)O[C@@H]1C[C@H]2C[C@H]3CC[C@@H]1[C@H]3C2. The average molecular weight is 194 g/mol. The van der Waals surface area contributed by atoms with Crippen LogP contribution in [0.5, 0.6) is 0 Å². The standard InChI is InChI=1S/C12H18O2/c1-7(13)14-12-6-8-4-9-2-3-10(12)11(9)5-8/h8-12H,2-6H2,1H3/t8-,9+,10+,11-,12+/m0/s1. The van der Waals surface area contributed by atoms with Crippen LogP contribution in [0.15, 0.2) is 0 Å². The van der Waals surface area contributed by atoms with Crippen LogP contribution in [-0.2, 0) is 9.53 Å². The highest BCUT2D eigenvalue weighted by atomic mass is 16.5. The summed E-state index contributed by atoms with van der Waals surface area (Å²) in [6.07, 6.45) is 6.95. The van der Waals surface area contributed by atoms with Crippen molar-refractivity contribution in [3.63, 3.8) is 0 Å². The molecular weight excluding hydrogens is 176 g/mol. The van der Waals surface area contributed by atoms with E-state index in [1.54, 1.807) is 6.92 Å². The molecule has 0 aliphatic heterocycles. The molecule has 0 aromatic rings. The van der Waals surface area contributed by atoms with Crippen LogP contribution >= 0.6 is 0 Å². The molecule has 3 aliphatic rings. The number of hydrogen-bond donors (Lipinski definition) is 0. The van der Waals surface area contributed by atoms with Gasteiger partial charge in [0.2, 0.25) is 0 Å². The average Bonchev–Trinajstić information content (AvgIpc) is 2.56. The van der Waals surface area contributed by atoms with Gasteiger partial charge >= 0.3 is 5.97 Å². The Morgan fingerprint density at radius 1 is 1.14 bits per heavy atom. The second kappa shape index (κ2) is 2.98. The highest BCUT2D eigenvalue weighted by molar-refractivity contribution is 5.66. The Labute approximate surface area is 85.0 Å².